The number of rotatable bonds is 5. The molecule has 2 heterocycles. The Balaban J connectivity index is 2.32. The lowest BCUT2D eigenvalue weighted by Gasteiger charge is -2.08. The van der Waals surface area contributed by atoms with Crippen LogP contribution in [0.3, 0.4) is 0 Å². The van der Waals surface area contributed by atoms with Crippen molar-refractivity contribution >= 4 is 17.3 Å². The maximum atomic E-state index is 11.2. The maximum Gasteiger partial charge on any atom is 0.356 e. The Bertz CT molecular complexity index is 576. The Morgan fingerprint density at radius 3 is 2.74 bits per heavy atom. The smallest absolute Gasteiger partial charge is 0.356 e. The molecule has 0 atom stereocenters. The van der Waals surface area contributed by atoms with Gasteiger partial charge in [-0.25, -0.2) is 24.7 Å². The molecule has 2 rings (SSSR count). The zero-order chi connectivity index (χ0) is 13.7. The van der Waals surface area contributed by atoms with Gasteiger partial charge >= 0.3 is 5.97 Å². The molecule has 8 nitrogen and oxygen atoms in total. The van der Waals surface area contributed by atoms with Crippen LogP contribution >= 0.6 is 0 Å². The summed E-state index contributed by atoms with van der Waals surface area (Å²) in [5, 5.41) is 12.0. The minimum Gasteiger partial charge on any atom is -0.476 e. The Morgan fingerprint density at radius 2 is 2.11 bits per heavy atom. The van der Waals surface area contributed by atoms with Gasteiger partial charge in [-0.3, -0.25) is 0 Å². The summed E-state index contributed by atoms with van der Waals surface area (Å²) in [6.45, 7) is 0.148. The van der Waals surface area contributed by atoms with Crippen LogP contribution in [-0.2, 0) is 11.3 Å². The third kappa shape index (κ3) is 3.19. The SMILES string of the molecule is COCc1ncc(Nc2cncnc2)c(C(=O)O)n1. The second-order valence-electron chi connectivity index (χ2n) is 3.54. The average Bonchev–Trinajstić information content (AvgIpc) is 2.42. The summed E-state index contributed by atoms with van der Waals surface area (Å²) in [7, 11) is 1.48. The van der Waals surface area contributed by atoms with Gasteiger partial charge in [0.2, 0.25) is 0 Å². The molecule has 2 aromatic heterocycles. The van der Waals surface area contributed by atoms with Gasteiger partial charge in [-0.05, 0) is 0 Å². The van der Waals surface area contributed by atoms with Gasteiger partial charge in [0, 0.05) is 7.11 Å². The van der Waals surface area contributed by atoms with E-state index in [4.69, 9.17) is 9.84 Å². The topological polar surface area (TPSA) is 110 Å². The number of aromatic nitrogens is 4. The van der Waals surface area contributed by atoms with Crippen molar-refractivity contribution in [1.82, 2.24) is 19.9 Å². The van der Waals surface area contributed by atoms with Crippen LogP contribution in [0.5, 0.6) is 0 Å². The largest absolute Gasteiger partial charge is 0.476 e. The van der Waals surface area contributed by atoms with Gasteiger partial charge in [-0.15, -0.1) is 0 Å². The molecule has 0 saturated heterocycles. The molecule has 0 amide bonds. The van der Waals surface area contributed by atoms with Gasteiger partial charge < -0.3 is 15.2 Å². The molecule has 19 heavy (non-hydrogen) atoms. The molecule has 0 aliphatic carbocycles. The third-order valence-corrected chi connectivity index (χ3v) is 2.15. The Hall–Kier alpha value is -2.61. The van der Waals surface area contributed by atoms with E-state index in [9.17, 15) is 4.79 Å². The van der Waals surface area contributed by atoms with Crippen LogP contribution in [0.15, 0.2) is 24.9 Å². The van der Waals surface area contributed by atoms with Gasteiger partial charge in [0.25, 0.3) is 0 Å². The molecule has 0 saturated carbocycles. The van der Waals surface area contributed by atoms with Gasteiger partial charge in [0.05, 0.1) is 30.0 Å². The van der Waals surface area contributed by atoms with Gasteiger partial charge in [-0.2, -0.15) is 0 Å². The lowest BCUT2D eigenvalue weighted by Crippen LogP contribution is -2.10. The van der Waals surface area contributed by atoms with Crippen LogP contribution in [0, 0.1) is 0 Å². The summed E-state index contributed by atoms with van der Waals surface area (Å²) in [5.74, 6) is -0.853. The van der Waals surface area contributed by atoms with Crippen LogP contribution in [0.2, 0.25) is 0 Å². The van der Waals surface area contributed by atoms with Crippen molar-refractivity contribution in [2.45, 2.75) is 6.61 Å². The van der Waals surface area contributed by atoms with E-state index >= 15 is 0 Å². The van der Waals surface area contributed by atoms with E-state index in [0.29, 0.717) is 11.5 Å². The highest BCUT2D eigenvalue weighted by molar-refractivity contribution is 5.92. The number of carbonyl (C=O) groups is 1. The first-order valence-corrected chi connectivity index (χ1v) is 5.31. The van der Waals surface area contributed by atoms with Crippen molar-refractivity contribution in [2.75, 3.05) is 12.4 Å². The molecule has 0 aliphatic rings. The first-order valence-electron chi connectivity index (χ1n) is 5.31. The second kappa shape index (κ2) is 5.83. The molecule has 98 valence electrons. The number of carboxylic acids is 1. The second-order valence-corrected chi connectivity index (χ2v) is 3.54. The molecule has 0 unspecified atom stereocenters. The zero-order valence-corrected chi connectivity index (χ0v) is 10.1. The van der Waals surface area contributed by atoms with Gasteiger partial charge in [-0.1, -0.05) is 0 Å². The summed E-state index contributed by atoms with van der Waals surface area (Å²) in [6.07, 6.45) is 5.79. The van der Waals surface area contributed by atoms with Crippen molar-refractivity contribution in [3.8, 4) is 0 Å². The Labute approximate surface area is 108 Å². The van der Waals surface area contributed by atoms with Crippen LogP contribution in [0.4, 0.5) is 11.4 Å². The van der Waals surface area contributed by atoms with Crippen molar-refractivity contribution in [1.29, 1.82) is 0 Å². The highest BCUT2D eigenvalue weighted by Crippen LogP contribution is 2.17. The summed E-state index contributed by atoms with van der Waals surface area (Å²) < 4.78 is 4.86. The van der Waals surface area contributed by atoms with Crippen LogP contribution in [0.1, 0.15) is 16.3 Å². The molecule has 0 radical (unpaired) electrons. The molecular formula is C11H11N5O3. The molecule has 0 spiro atoms. The van der Waals surface area contributed by atoms with Crippen LogP contribution in [0.25, 0.3) is 0 Å². The van der Waals surface area contributed by atoms with E-state index < -0.39 is 5.97 Å². The van der Waals surface area contributed by atoms with Crippen molar-refractivity contribution in [3.05, 3.63) is 36.4 Å². The van der Waals surface area contributed by atoms with Crippen molar-refractivity contribution in [2.24, 2.45) is 0 Å². The lowest BCUT2D eigenvalue weighted by molar-refractivity contribution is 0.0690. The number of nitrogens with one attached hydrogen (secondary N) is 1. The average molecular weight is 261 g/mol. The normalized spacial score (nSPS) is 10.2. The number of hydrogen-bond acceptors (Lipinski definition) is 7. The maximum absolute atomic E-state index is 11.2. The van der Waals surface area contributed by atoms with Crippen molar-refractivity contribution in [3.63, 3.8) is 0 Å². The Kier molecular flexibility index (Phi) is 3.94. The summed E-state index contributed by atoms with van der Waals surface area (Å²) >= 11 is 0. The minimum absolute atomic E-state index is 0.133. The van der Waals surface area contributed by atoms with E-state index in [1.54, 1.807) is 0 Å². The predicted octanol–water partition coefficient (Wildman–Crippen LogP) is 0.855. The van der Waals surface area contributed by atoms with E-state index in [1.165, 1.54) is 32.0 Å². The van der Waals surface area contributed by atoms with Crippen molar-refractivity contribution < 1.29 is 14.6 Å². The summed E-state index contributed by atoms with van der Waals surface area (Å²) in [5.41, 5.74) is 0.682. The molecule has 2 aromatic rings. The number of methoxy groups -OCH3 is 1. The minimum atomic E-state index is -1.15. The number of anilines is 2. The number of aromatic carboxylic acids is 1. The van der Waals surface area contributed by atoms with Gasteiger partial charge in [0.15, 0.2) is 11.5 Å². The number of ether oxygens (including phenoxy) is 1. The first-order chi connectivity index (χ1) is 9.20. The highest BCUT2D eigenvalue weighted by atomic mass is 16.5. The molecule has 2 N–H and O–H groups in total. The van der Waals surface area contributed by atoms with Gasteiger partial charge in [0.1, 0.15) is 12.9 Å². The van der Waals surface area contributed by atoms with E-state index in [2.05, 4.69) is 25.3 Å². The predicted molar refractivity (Wildman–Crippen MR) is 65.0 cm³/mol. The molecule has 0 aliphatic heterocycles. The number of hydrogen-bond donors (Lipinski definition) is 2. The number of carboxylic acid groups (broad SMARTS) is 1. The van der Waals surface area contributed by atoms with Crippen LogP contribution in [-0.4, -0.2) is 38.1 Å². The van der Waals surface area contributed by atoms with E-state index in [-0.39, 0.29) is 18.0 Å². The quantitative estimate of drug-likeness (QED) is 0.815. The molecule has 0 bridgehead atoms. The first kappa shape index (κ1) is 12.8. The monoisotopic (exact) mass is 261 g/mol. The summed E-state index contributed by atoms with van der Waals surface area (Å²) in [6, 6.07) is 0. The highest BCUT2D eigenvalue weighted by Gasteiger charge is 2.14. The fourth-order valence-corrected chi connectivity index (χ4v) is 1.39. The third-order valence-electron chi connectivity index (χ3n) is 2.15. The van der Waals surface area contributed by atoms with E-state index in [0.717, 1.165) is 0 Å². The molecule has 8 heteroatoms. The fraction of sp³-hybridized carbons (Fsp3) is 0.182. The number of nitrogens with zero attached hydrogens (tertiary/aromatic N) is 4. The molecular weight excluding hydrogens is 250 g/mol. The fourth-order valence-electron chi connectivity index (χ4n) is 1.39. The Morgan fingerprint density at radius 1 is 1.37 bits per heavy atom. The molecule has 0 fully saturated rings. The zero-order valence-electron chi connectivity index (χ0n) is 10.1. The van der Waals surface area contributed by atoms with E-state index in [1.807, 2.05) is 0 Å². The van der Waals surface area contributed by atoms with Crippen LogP contribution < -0.4 is 5.32 Å². The lowest BCUT2D eigenvalue weighted by atomic mass is 10.3. The summed E-state index contributed by atoms with van der Waals surface area (Å²) in [4.78, 5) is 26.7. The standard InChI is InChI=1S/C11H11N5O3/c1-19-5-9-14-4-8(10(16-9)11(17)18)15-7-2-12-6-13-3-7/h2-4,6,15H,5H2,1H3,(H,17,18). The molecule has 0 aromatic carbocycles.